The minimum absolute atomic E-state index is 0.0119. The van der Waals surface area contributed by atoms with Crippen LogP contribution in [0.1, 0.15) is 6.92 Å². The third kappa shape index (κ3) is 3.49. The standard InChI is InChI=1S/C9H17N3O3/c1-9(5-11-6-9)15-4-8(14)12(2)3-7(10)13/h11H,3-6H2,1-2H3,(H2,10,13). The van der Waals surface area contributed by atoms with Crippen molar-refractivity contribution in [2.75, 3.05) is 33.3 Å². The number of carbonyl (C=O) groups is 2. The van der Waals surface area contributed by atoms with Crippen molar-refractivity contribution in [3.63, 3.8) is 0 Å². The summed E-state index contributed by atoms with van der Waals surface area (Å²) in [6, 6.07) is 0. The number of nitrogens with one attached hydrogen (secondary N) is 1. The first-order valence-electron chi connectivity index (χ1n) is 4.80. The Hall–Kier alpha value is -1.14. The second-order valence-electron chi connectivity index (χ2n) is 4.06. The number of primary amides is 1. The van der Waals surface area contributed by atoms with Crippen LogP contribution in [0.15, 0.2) is 0 Å². The number of amides is 2. The van der Waals surface area contributed by atoms with E-state index in [1.165, 1.54) is 11.9 Å². The maximum absolute atomic E-state index is 11.4. The molecule has 0 atom stereocenters. The highest BCUT2D eigenvalue weighted by Crippen LogP contribution is 2.14. The lowest BCUT2D eigenvalue weighted by Gasteiger charge is -2.39. The summed E-state index contributed by atoms with van der Waals surface area (Å²) in [4.78, 5) is 23.3. The number of ether oxygens (including phenoxy) is 1. The molecule has 1 aliphatic rings. The van der Waals surface area contributed by atoms with E-state index in [-0.39, 0.29) is 24.7 Å². The summed E-state index contributed by atoms with van der Waals surface area (Å²) < 4.78 is 5.42. The molecular weight excluding hydrogens is 198 g/mol. The Labute approximate surface area is 88.7 Å². The molecule has 0 unspecified atom stereocenters. The number of nitrogens with two attached hydrogens (primary N) is 1. The first-order chi connectivity index (χ1) is 6.93. The van der Waals surface area contributed by atoms with Gasteiger partial charge in [0.25, 0.3) is 0 Å². The molecule has 6 nitrogen and oxygen atoms in total. The average molecular weight is 215 g/mol. The quantitative estimate of drug-likeness (QED) is 0.573. The summed E-state index contributed by atoms with van der Waals surface area (Å²) in [5.74, 6) is -0.760. The van der Waals surface area contributed by atoms with Crippen molar-refractivity contribution in [2.45, 2.75) is 12.5 Å². The van der Waals surface area contributed by atoms with Gasteiger partial charge in [0.05, 0.1) is 12.1 Å². The molecule has 15 heavy (non-hydrogen) atoms. The van der Waals surface area contributed by atoms with Crippen LogP contribution >= 0.6 is 0 Å². The Bertz CT molecular complexity index is 263. The van der Waals surface area contributed by atoms with E-state index in [2.05, 4.69) is 5.32 Å². The van der Waals surface area contributed by atoms with Gasteiger partial charge in [-0.3, -0.25) is 9.59 Å². The van der Waals surface area contributed by atoms with Crippen LogP contribution in [0, 0.1) is 0 Å². The van der Waals surface area contributed by atoms with Gasteiger partial charge in [0.15, 0.2) is 0 Å². The van der Waals surface area contributed by atoms with Crippen molar-refractivity contribution >= 4 is 11.8 Å². The topological polar surface area (TPSA) is 84.7 Å². The Kier molecular flexibility index (Phi) is 3.65. The molecule has 0 aromatic carbocycles. The first-order valence-corrected chi connectivity index (χ1v) is 4.80. The fraction of sp³-hybridized carbons (Fsp3) is 0.778. The molecule has 1 heterocycles. The van der Waals surface area contributed by atoms with Gasteiger partial charge >= 0.3 is 0 Å². The van der Waals surface area contributed by atoms with Crippen molar-refractivity contribution in [3.8, 4) is 0 Å². The van der Waals surface area contributed by atoms with E-state index in [0.29, 0.717) is 0 Å². The number of rotatable bonds is 5. The molecule has 0 spiro atoms. The maximum atomic E-state index is 11.4. The smallest absolute Gasteiger partial charge is 0.248 e. The maximum Gasteiger partial charge on any atom is 0.248 e. The largest absolute Gasteiger partial charge is 0.368 e. The molecule has 0 aliphatic carbocycles. The van der Waals surface area contributed by atoms with E-state index in [4.69, 9.17) is 10.5 Å². The summed E-state index contributed by atoms with van der Waals surface area (Å²) in [5.41, 5.74) is 4.72. The predicted octanol–water partition coefficient (Wildman–Crippen LogP) is -1.69. The highest BCUT2D eigenvalue weighted by Gasteiger charge is 2.33. The van der Waals surface area contributed by atoms with Gasteiger partial charge in [0.1, 0.15) is 6.61 Å². The number of likely N-dealkylation sites (N-methyl/N-ethyl adjacent to an activating group) is 1. The first kappa shape index (κ1) is 11.9. The Morgan fingerprint density at radius 3 is 2.53 bits per heavy atom. The molecule has 0 aromatic heterocycles. The van der Waals surface area contributed by atoms with Gasteiger partial charge in [-0.2, -0.15) is 0 Å². The van der Waals surface area contributed by atoms with Gasteiger partial charge in [-0.05, 0) is 6.92 Å². The summed E-state index contributed by atoms with van der Waals surface area (Å²) >= 11 is 0. The van der Waals surface area contributed by atoms with Crippen LogP contribution in [-0.4, -0.2) is 55.6 Å². The zero-order valence-corrected chi connectivity index (χ0v) is 9.08. The third-order valence-electron chi connectivity index (χ3n) is 2.36. The molecule has 6 heteroatoms. The lowest BCUT2D eigenvalue weighted by molar-refractivity contribution is -0.146. The van der Waals surface area contributed by atoms with Crippen LogP contribution in [0.4, 0.5) is 0 Å². The van der Waals surface area contributed by atoms with Crippen molar-refractivity contribution < 1.29 is 14.3 Å². The van der Waals surface area contributed by atoms with Crippen LogP contribution in [0.3, 0.4) is 0 Å². The Morgan fingerprint density at radius 1 is 1.53 bits per heavy atom. The normalized spacial score (nSPS) is 18.0. The highest BCUT2D eigenvalue weighted by atomic mass is 16.5. The van der Waals surface area contributed by atoms with Crippen LogP contribution in [0.25, 0.3) is 0 Å². The molecule has 1 saturated heterocycles. The van der Waals surface area contributed by atoms with Crippen LogP contribution in [0.2, 0.25) is 0 Å². The minimum Gasteiger partial charge on any atom is -0.368 e. The number of hydrogen-bond acceptors (Lipinski definition) is 4. The molecular formula is C9H17N3O3. The van der Waals surface area contributed by atoms with Crippen molar-refractivity contribution in [2.24, 2.45) is 5.73 Å². The second-order valence-corrected chi connectivity index (χ2v) is 4.06. The van der Waals surface area contributed by atoms with E-state index < -0.39 is 5.91 Å². The van der Waals surface area contributed by atoms with Gasteiger partial charge in [0.2, 0.25) is 11.8 Å². The van der Waals surface area contributed by atoms with Crippen LogP contribution in [-0.2, 0) is 14.3 Å². The summed E-state index contributed by atoms with van der Waals surface area (Å²) in [5, 5.41) is 3.06. The lowest BCUT2D eigenvalue weighted by atomic mass is 10.0. The lowest BCUT2D eigenvalue weighted by Crippen LogP contribution is -2.59. The van der Waals surface area contributed by atoms with Gasteiger partial charge in [-0.1, -0.05) is 0 Å². The molecule has 86 valence electrons. The van der Waals surface area contributed by atoms with E-state index in [9.17, 15) is 9.59 Å². The number of hydrogen-bond donors (Lipinski definition) is 2. The molecule has 3 N–H and O–H groups in total. The summed E-state index contributed by atoms with van der Waals surface area (Å²) in [7, 11) is 1.53. The second kappa shape index (κ2) is 4.59. The fourth-order valence-corrected chi connectivity index (χ4v) is 1.25. The van der Waals surface area contributed by atoms with E-state index in [1.54, 1.807) is 0 Å². The van der Waals surface area contributed by atoms with E-state index >= 15 is 0 Å². The Morgan fingerprint density at radius 2 is 2.13 bits per heavy atom. The van der Waals surface area contributed by atoms with Gasteiger partial charge in [-0.15, -0.1) is 0 Å². The fourth-order valence-electron chi connectivity index (χ4n) is 1.25. The third-order valence-corrected chi connectivity index (χ3v) is 2.36. The predicted molar refractivity (Wildman–Crippen MR) is 54.1 cm³/mol. The van der Waals surface area contributed by atoms with Crippen LogP contribution < -0.4 is 11.1 Å². The number of nitrogens with zero attached hydrogens (tertiary/aromatic N) is 1. The van der Waals surface area contributed by atoms with Gasteiger partial charge < -0.3 is 20.7 Å². The van der Waals surface area contributed by atoms with Crippen LogP contribution in [0.5, 0.6) is 0 Å². The Balaban J connectivity index is 2.25. The molecule has 1 aliphatic heterocycles. The van der Waals surface area contributed by atoms with Gasteiger partial charge in [0, 0.05) is 20.1 Å². The van der Waals surface area contributed by atoms with Crippen molar-refractivity contribution in [1.82, 2.24) is 10.2 Å². The van der Waals surface area contributed by atoms with Crippen molar-refractivity contribution in [1.29, 1.82) is 0 Å². The monoisotopic (exact) mass is 215 g/mol. The van der Waals surface area contributed by atoms with E-state index in [1.807, 2.05) is 6.92 Å². The SMILES string of the molecule is CN(CC(N)=O)C(=O)COC1(C)CNC1. The molecule has 2 amide bonds. The summed E-state index contributed by atoms with van der Waals surface area (Å²) in [6.07, 6.45) is 0. The zero-order chi connectivity index (χ0) is 11.5. The van der Waals surface area contributed by atoms with Crippen molar-refractivity contribution in [3.05, 3.63) is 0 Å². The molecule has 0 radical (unpaired) electrons. The molecule has 0 saturated carbocycles. The average Bonchev–Trinajstić information content (AvgIpc) is 2.10. The summed E-state index contributed by atoms with van der Waals surface area (Å²) in [6.45, 7) is 3.35. The molecule has 1 rings (SSSR count). The molecule has 1 fully saturated rings. The minimum atomic E-state index is -0.526. The molecule has 0 aromatic rings. The van der Waals surface area contributed by atoms with Gasteiger partial charge in [-0.25, -0.2) is 0 Å². The highest BCUT2D eigenvalue weighted by molar-refractivity contribution is 5.84. The van der Waals surface area contributed by atoms with E-state index in [0.717, 1.165) is 13.1 Å². The number of carbonyl (C=O) groups excluding carboxylic acids is 2. The molecule has 0 bridgehead atoms. The zero-order valence-electron chi connectivity index (χ0n) is 9.08.